The van der Waals surface area contributed by atoms with Gasteiger partial charge >= 0.3 is 0 Å². The highest BCUT2D eigenvalue weighted by Crippen LogP contribution is 2.33. The van der Waals surface area contributed by atoms with Gasteiger partial charge in [-0.3, -0.25) is 9.59 Å². The van der Waals surface area contributed by atoms with Gasteiger partial charge < -0.3 is 10.1 Å². The molecular formula is C12H8N2O3S. The summed E-state index contributed by atoms with van der Waals surface area (Å²) in [4.78, 5) is 26.0. The summed E-state index contributed by atoms with van der Waals surface area (Å²) in [6.07, 6.45) is 0.712. The summed E-state index contributed by atoms with van der Waals surface area (Å²) in [5.74, 6) is 0.470. The number of aldehydes is 1. The quantitative estimate of drug-likeness (QED) is 0.838. The Labute approximate surface area is 106 Å². The van der Waals surface area contributed by atoms with Crippen molar-refractivity contribution in [3.8, 4) is 16.3 Å². The van der Waals surface area contributed by atoms with Crippen LogP contribution in [0.1, 0.15) is 10.5 Å². The molecule has 1 aromatic heterocycles. The van der Waals surface area contributed by atoms with Crippen LogP contribution in [0.5, 0.6) is 5.75 Å². The molecule has 1 amide bonds. The number of benzene rings is 1. The lowest BCUT2D eigenvalue weighted by molar-refractivity contribution is -0.118. The molecule has 5 nitrogen and oxygen atoms in total. The van der Waals surface area contributed by atoms with Crippen molar-refractivity contribution in [1.82, 2.24) is 4.98 Å². The number of hydrogen-bond donors (Lipinski definition) is 1. The number of anilines is 1. The maximum Gasteiger partial charge on any atom is 0.262 e. The van der Waals surface area contributed by atoms with Gasteiger partial charge in [0.25, 0.3) is 5.91 Å². The number of rotatable bonds is 2. The first-order chi connectivity index (χ1) is 8.76. The van der Waals surface area contributed by atoms with E-state index in [4.69, 9.17) is 4.74 Å². The second-order valence-corrected chi connectivity index (χ2v) is 4.60. The summed E-state index contributed by atoms with van der Waals surface area (Å²) >= 11 is 1.38. The van der Waals surface area contributed by atoms with Gasteiger partial charge in [-0.15, -0.1) is 11.3 Å². The van der Waals surface area contributed by atoms with Crippen molar-refractivity contribution < 1.29 is 14.3 Å². The van der Waals surface area contributed by atoms with Crippen LogP contribution in [0.15, 0.2) is 23.6 Å². The number of aromatic nitrogens is 1. The van der Waals surface area contributed by atoms with Crippen molar-refractivity contribution in [2.45, 2.75) is 0 Å². The Hall–Kier alpha value is -2.21. The smallest absolute Gasteiger partial charge is 0.262 e. The van der Waals surface area contributed by atoms with E-state index in [1.807, 2.05) is 6.07 Å². The molecule has 1 aromatic carbocycles. The normalized spacial score (nSPS) is 13.4. The molecule has 0 aliphatic carbocycles. The van der Waals surface area contributed by atoms with E-state index in [9.17, 15) is 9.59 Å². The molecule has 6 heteroatoms. The van der Waals surface area contributed by atoms with Crippen molar-refractivity contribution in [3.05, 3.63) is 29.3 Å². The molecular weight excluding hydrogens is 252 g/mol. The monoisotopic (exact) mass is 260 g/mol. The molecule has 0 saturated heterocycles. The maximum atomic E-state index is 11.2. The zero-order valence-corrected chi connectivity index (χ0v) is 9.99. The second-order valence-electron chi connectivity index (χ2n) is 3.74. The van der Waals surface area contributed by atoms with Crippen molar-refractivity contribution in [2.75, 3.05) is 11.9 Å². The van der Waals surface area contributed by atoms with E-state index in [1.165, 1.54) is 11.3 Å². The third kappa shape index (κ3) is 1.86. The van der Waals surface area contributed by atoms with Crippen LogP contribution in [0.25, 0.3) is 10.6 Å². The minimum atomic E-state index is -0.174. The van der Waals surface area contributed by atoms with Gasteiger partial charge in [0.15, 0.2) is 12.9 Å². The van der Waals surface area contributed by atoms with Crippen LogP contribution in [0, 0.1) is 0 Å². The van der Waals surface area contributed by atoms with Crippen LogP contribution in [-0.2, 0) is 4.79 Å². The van der Waals surface area contributed by atoms with Crippen LogP contribution in [0.3, 0.4) is 0 Å². The fourth-order valence-corrected chi connectivity index (χ4v) is 2.45. The topological polar surface area (TPSA) is 68.3 Å². The molecule has 0 atom stereocenters. The number of thiazole rings is 1. The average Bonchev–Trinajstić information content (AvgIpc) is 2.86. The Kier molecular flexibility index (Phi) is 2.56. The fourth-order valence-electron chi connectivity index (χ4n) is 1.69. The first-order valence-electron chi connectivity index (χ1n) is 5.24. The zero-order valence-electron chi connectivity index (χ0n) is 9.17. The van der Waals surface area contributed by atoms with E-state index in [0.717, 1.165) is 10.6 Å². The number of carbonyl (C=O) groups excluding carboxylic acids is 2. The van der Waals surface area contributed by atoms with Crippen LogP contribution in [0.2, 0.25) is 0 Å². The van der Waals surface area contributed by atoms with Gasteiger partial charge in [0.2, 0.25) is 0 Å². The SMILES string of the molecule is O=Cc1csc(-c2ccc3c(c2)NC(=O)CO3)n1. The molecule has 0 spiro atoms. The van der Waals surface area contributed by atoms with E-state index >= 15 is 0 Å². The molecule has 2 heterocycles. The van der Waals surface area contributed by atoms with Crippen molar-refractivity contribution >= 4 is 29.2 Å². The first kappa shape index (κ1) is 10.9. The Balaban J connectivity index is 2.01. The van der Waals surface area contributed by atoms with Crippen LogP contribution in [-0.4, -0.2) is 23.8 Å². The molecule has 0 saturated carbocycles. The molecule has 1 N–H and O–H groups in total. The van der Waals surface area contributed by atoms with Gasteiger partial charge in [-0.05, 0) is 18.2 Å². The van der Waals surface area contributed by atoms with E-state index in [2.05, 4.69) is 10.3 Å². The summed E-state index contributed by atoms with van der Waals surface area (Å²) in [7, 11) is 0. The summed E-state index contributed by atoms with van der Waals surface area (Å²) in [6.45, 7) is 0.0406. The highest BCUT2D eigenvalue weighted by Gasteiger charge is 2.17. The third-order valence-electron chi connectivity index (χ3n) is 2.50. The standard InChI is InChI=1S/C12H8N2O3S/c15-4-8-6-18-12(13-8)7-1-2-10-9(3-7)14-11(16)5-17-10/h1-4,6H,5H2,(H,14,16). The Morgan fingerprint density at radius 3 is 3.11 bits per heavy atom. The number of nitrogens with one attached hydrogen (secondary N) is 1. The van der Waals surface area contributed by atoms with Crippen LogP contribution in [0.4, 0.5) is 5.69 Å². The number of hydrogen-bond acceptors (Lipinski definition) is 5. The van der Waals surface area contributed by atoms with E-state index in [1.54, 1.807) is 17.5 Å². The Bertz CT molecular complexity index is 636. The van der Waals surface area contributed by atoms with Gasteiger partial charge in [-0.1, -0.05) is 0 Å². The number of carbonyl (C=O) groups is 2. The lowest BCUT2D eigenvalue weighted by atomic mass is 10.2. The molecule has 1 aliphatic rings. The minimum absolute atomic E-state index is 0.0406. The van der Waals surface area contributed by atoms with Crippen LogP contribution >= 0.6 is 11.3 Å². The highest BCUT2D eigenvalue weighted by molar-refractivity contribution is 7.13. The van der Waals surface area contributed by atoms with Gasteiger partial charge in [0.05, 0.1) is 5.69 Å². The molecule has 0 unspecified atom stereocenters. The number of nitrogens with zero attached hydrogens (tertiary/aromatic N) is 1. The number of fused-ring (bicyclic) bond motifs is 1. The molecule has 0 radical (unpaired) electrons. The minimum Gasteiger partial charge on any atom is -0.482 e. The predicted molar refractivity (Wildman–Crippen MR) is 67.1 cm³/mol. The largest absolute Gasteiger partial charge is 0.482 e. The van der Waals surface area contributed by atoms with E-state index in [-0.39, 0.29) is 12.5 Å². The summed E-state index contributed by atoms with van der Waals surface area (Å²) in [5, 5.41) is 5.16. The van der Waals surface area contributed by atoms with Crippen molar-refractivity contribution in [1.29, 1.82) is 0 Å². The van der Waals surface area contributed by atoms with Crippen molar-refractivity contribution in [2.24, 2.45) is 0 Å². The molecule has 2 aromatic rings. The Morgan fingerprint density at radius 2 is 2.33 bits per heavy atom. The molecule has 18 heavy (non-hydrogen) atoms. The van der Waals surface area contributed by atoms with Crippen LogP contribution < -0.4 is 10.1 Å². The van der Waals surface area contributed by atoms with Gasteiger partial charge in [0, 0.05) is 10.9 Å². The fraction of sp³-hybridized carbons (Fsp3) is 0.0833. The summed E-state index contributed by atoms with van der Waals surface area (Å²) in [5.41, 5.74) is 1.89. The summed E-state index contributed by atoms with van der Waals surface area (Å²) in [6, 6.07) is 5.43. The average molecular weight is 260 g/mol. The maximum absolute atomic E-state index is 11.2. The van der Waals surface area contributed by atoms with Crippen molar-refractivity contribution in [3.63, 3.8) is 0 Å². The Morgan fingerprint density at radius 1 is 1.44 bits per heavy atom. The first-order valence-corrected chi connectivity index (χ1v) is 6.12. The highest BCUT2D eigenvalue weighted by atomic mass is 32.1. The molecule has 1 aliphatic heterocycles. The van der Waals surface area contributed by atoms with Gasteiger partial charge in [0.1, 0.15) is 16.5 Å². The summed E-state index contributed by atoms with van der Waals surface area (Å²) < 4.78 is 5.27. The van der Waals surface area contributed by atoms with Gasteiger partial charge in [-0.2, -0.15) is 0 Å². The third-order valence-corrected chi connectivity index (χ3v) is 3.41. The molecule has 0 fully saturated rings. The van der Waals surface area contributed by atoms with Gasteiger partial charge in [-0.25, -0.2) is 4.98 Å². The molecule has 3 rings (SSSR count). The second kappa shape index (κ2) is 4.23. The number of ether oxygens (including phenoxy) is 1. The lowest BCUT2D eigenvalue weighted by Gasteiger charge is -2.18. The predicted octanol–water partition coefficient (Wildman–Crippen LogP) is 1.95. The lowest BCUT2D eigenvalue weighted by Crippen LogP contribution is -2.25. The number of amides is 1. The zero-order chi connectivity index (χ0) is 12.5. The van der Waals surface area contributed by atoms with E-state index in [0.29, 0.717) is 23.4 Å². The molecule has 0 bridgehead atoms. The molecule has 90 valence electrons. The van der Waals surface area contributed by atoms with E-state index < -0.39 is 0 Å².